The second kappa shape index (κ2) is 5.70. The van der Waals surface area contributed by atoms with E-state index in [0.717, 1.165) is 0 Å². The summed E-state index contributed by atoms with van der Waals surface area (Å²) in [6, 6.07) is 4.81. The molecule has 1 aliphatic rings. The largest absolute Gasteiger partial charge is 0.497 e. The lowest BCUT2D eigenvalue weighted by molar-refractivity contribution is 0.0768. The van der Waals surface area contributed by atoms with Crippen LogP contribution in [0.4, 0.5) is 5.69 Å². The Morgan fingerprint density at radius 3 is 2.70 bits per heavy atom. The van der Waals surface area contributed by atoms with Gasteiger partial charge in [0.25, 0.3) is 5.91 Å². The number of anilines is 1. The monoisotopic (exact) mass is 298 g/mol. The first-order valence-electron chi connectivity index (χ1n) is 6.35. The highest BCUT2D eigenvalue weighted by Crippen LogP contribution is 2.20. The molecule has 6 nitrogen and oxygen atoms in total. The van der Waals surface area contributed by atoms with Gasteiger partial charge in [0, 0.05) is 30.4 Å². The first-order valence-corrected chi connectivity index (χ1v) is 8.18. The Hall–Kier alpha value is -1.76. The summed E-state index contributed by atoms with van der Waals surface area (Å²) in [5.74, 6) is 0.443. The van der Waals surface area contributed by atoms with Crippen molar-refractivity contribution in [1.29, 1.82) is 0 Å². The van der Waals surface area contributed by atoms with E-state index in [1.54, 1.807) is 23.1 Å². The molecule has 1 amide bonds. The Kier molecular flexibility index (Phi) is 4.17. The number of sulfone groups is 1. The van der Waals surface area contributed by atoms with Crippen LogP contribution in [0.1, 0.15) is 16.8 Å². The third-order valence-electron chi connectivity index (χ3n) is 3.25. The average molecular weight is 298 g/mol. The molecule has 1 heterocycles. The van der Waals surface area contributed by atoms with Crippen LogP contribution in [0.2, 0.25) is 0 Å². The van der Waals surface area contributed by atoms with E-state index in [2.05, 4.69) is 0 Å². The lowest BCUT2D eigenvalue weighted by Gasteiger charge is -2.20. The van der Waals surface area contributed by atoms with Gasteiger partial charge >= 0.3 is 0 Å². The molecule has 0 radical (unpaired) electrons. The van der Waals surface area contributed by atoms with Crippen LogP contribution in [0.3, 0.4) is 0 Å². The first kappa shape index (κ1) is 14.6. The smallest absolute Gasteiger partial charge is 0.254 e. The maximum atomic E-state index is 12.4. The van der Waals surface area contributed by atoms with E-state index in [-0.39, 0.29) is 24.0 Å². The molecule has 1 fully saturated rings. The van der Waals surface area contributed by atoms with Gasteiger partial charge in [0.1, 0.15) is 5.75 Å². The molecule has 1 aromatic carbocycles. The third kappa shape index (κ3) is 3.41. The Morgan fingerprint density at radius 2 is 2.00 bits per heavy atom. The van der Waals surface area contributed by atoms with Gasteiger partial charge in [-0.2, -0.15) is 0 Å². The zero-order valence-corrected chi connectivity index (χ0v) is 12.1. The second-order valence-corrected chi connectivity index (χ2v) is 7.10. The highest BCUT2D eigenvalue weighted by atomic mass is 32.2. The van der Waals surface area contributed by atoms with Gasteiger partial charge in [-0.3, -0.25) is 4.79 Å². The Labute approximate surface area is 118 Å². The number of hydrogen-bond acceptors (Lipinski definition) is 5. The number of methoxy groups -OCH3 is 1. The van der Waals surface area contributed by atoms with Crippen molar-refractivity contribution in [1.82, 2.24) is 4.90 Å². The van der Waals surface area contributed by atoms with Gasteiger partial charge in [-0.05, 0) is 18.6 Å². The van der Waals surface area contributed by atoms with Gasteiger partial charge in [-0.25, -0.2) is 8.42 Å². The Bertz CT molecular complexity index is 613. The van der Waals surface area contributed by atoms with Gasteiger partial charge in [-0.15, -0.1) is 0 Å². The minimum atomic E-state index is -3.03. The Morgan fingerprint density at radius 1 is 1.25 bits per heavy atom. The number of carbonyl (C=O) groups is 1. The summed E-state index contributed by atoms with van der Waals surface area (Å²) in [4.78, 5) is 14.0. The van der Waals surface area contributed by atoms with Crippen LogP contribution in [0, 0.1) is 0 Å². The summed E-state index contributed by atoms with van der Waals surface area (Å²) in [6.07, 6.45) is 0.466. The molecule has 20 heavy (non-hydrogen) atoms. The van der Waals surface area contributed by atoms with Crippen LogP contribution < -0.4 is 10.5 Å². The van der Waals surface area contributed by atoms with Crippen LogP contribution in [-0.4, -0.2) is 50.9 Å². The van der Waals surface area contributed by atoms with Crippen molar-refractivity contribution < 1.29 is 17.9 Å². The number of benzene rings is 1. The zero-order chi connectivity index (χ0) is 14.8. The molecule has 0 bridgehead atoms. The highest BCUT2D eigenvalue weighted by molar-refractivity contribution is 7.91. The molecule has 2 rings (SSSR count). The first-order chi connectivity index (χ1) is 9.41. The zero-order valence-electron chi connectivity index (χ0n) is 11.3. The molecule has 0 saturated carbocycles. The van der Waals surface area contributed by atoms with Crippen LogP contribution in [0.15, 0.2) is 18.2 Å². The topological polar surface area (TPSA) is 89.7 Å². The molecule has 0 unspecified atom stereocenters. The average Bonchev–Trinajstić information content (AvgIpc) is 2.58. The molecule has 7 heteroatoms. The summed E-state index contributed by atoms with van der Waals surface area (Å²) < 4.78 is 28.2. The van der Waals surface area contributed by atoms with Crippen molar-refractivity contribution in [2.45, 2.75) is 6.42 Å². The van der Waals surface area contributed by atoms with Crippen LogP contribution in [-0.2, 0) is 9.84 Å². The minimum absolute atomic E-state index is 0.0121. The van der Waals surface area contributed by atoms with E-state index >= 15 is 0 Å². The molecule has 1 saturated heterocycles. The summed E-state index contributed by atoms with van der Waals surface area (Å²) in [5, 5.41) is 0. The van der Waals surface area contributed by atoms with Gasteiger partial charge < -0.3 is 15.4 Å². The van der Waals surface area contributed by atoms with Gasteiger partial charge in [0.2, 0.25) is 0 Å². The van der Waals surface area contributed by atoms with Crippen molar-refractivity contribution in [3.63, 3.8) is 0 Å². The lowest BCUT2D eigenvalue weighted by Crippen LogP contribution is -2.33. The van der Waals surface area contributed by atoms with Crippen molar-refractivity contribution in [3.8, 4) is 5.75 Å². The van der Waals surface area contributed by atoms with Gasteiger partial charge in [0.05, 0.1) is 18.6 Å². The van der Waals surface area contributed by atoms with E-state index in [9.17, 15) is 13.2 Å². The van der Waals surface area contributed by atoms with Crippen molar-refractivity contribution >= 4 is 21.4 Å². The number of rotatable bonds is 2. The van der Waals surface area contributed by atoms with Crippen LogP contribution >= 0.6 is 0 Å². The summed E-state index contributed by atoms with van der Waals surface area (Å²) >= 11 is 0. The predicted octanol–water partition coefficient (Wildman–Crippen LogP) is 0.538. The molecule has 0 aromatic heterocycles. The number of hydrogen-bond donors (Lipinski definition) is 1. The number of amides is 1. The summed E-state index contributed by atoms with van der Waals surface area (Å²) in [7, 11) is -1.53. The molecule has 1 aliphatic heterocycles. The SMILES string of the molecule is COc1cc(N)cc(C(=O)N2CCCS(=O)(=O)CC2)c1. The fourth-order valence-electron chi connectivity index (χ4n) is 2.19. The maximum Gasteiger partial charge on any atom is 0.254 e. The maximum absolute atomic E-state index is 12.4. The third-order valence-corrected chi connectivity index (χ3v) is 4.97. The predicted molar refractivity (Wildman–Crippen MR) is 76.6 cm³/mol. The number of nitrogen functional groups attached to an aromatic ring is 1. The summed E-state index contributed by atoms with van der Waals surface area (Å²) in [6.45, 7) is 0.660. The lowest BCUT2D eigenvalue weighted by atomic mass is 10.1. The quantitative estimate of drug-likeness (QED) is 0.805. The standard InChI is InChI=1S/C13H18N2O4S/c1-19-12-8-10(7-11(14)9-12)13(16)15-3-2-5-20(17,18)6-4-15/h7-9H,2-6,14H2,1H3. The molecule has 2 N–H and O–H groups in total. The fourth-order valence-corrected chi connectivity index (χ4v) is 3.46. The Balaban J connectivity index is 2.21. The van der Waals surface area contributed by atoms with Crippen molar-refractivity contribution in [3.05, 3.63) is 23.8 Å². The van der Waals surface area contributed by atoms with E-state index in [0.29, 0.717) is 30.0 Å². The molecule has 0 spiro atoms. The van der Waals surface area contributed by atoms with Gasteiger partial charge in [-0.1, -0.05) is 0 Å². The fraction of sp³-hybridized carbons (Fsp3) is 0.462. The van der Waals surface area contributed by atoms with E-state index in [1.807, 2.05) is 0 Å². The number of carbonyl (C=O) groups excluding carboxylic acids is 1. The van der Waals surface area contributed by atoms with E-state index in [4.69, 9.17) is 10.5 Å². The summed E-state index contributed by atoms with van der Waals surface area (Å²) in [5.41, 5.74) is 6.59. The van der Waals surface area contributed by atoms with E-state index < -0.39 is 9.84 Å². The number of ether oxygens (including phenoxy) is 1. The number of nitrogens with two attached hydrogens (primary N) is 1. The molecule has 110 valence electrons. The minimum Gasteiger partial charge on any atom is -0.497 e. The van der Waals surface area contributed by atoms with Gasteiger partial charge in [0.15, 0.2) is 9.84 Å². The van der Waals surface area contributed by atoms with Crippen LogP contribution in [0.25, 0.3) is 0 Å². The van der Waals surface area contributed by atoms with Crippen molar-refractivity contribution in [2.24, 2.45) is 0 Å². The molecule has 0 atom stereocenters. The molecule has 0 aliphatic carbocycles. The molecular weight excluding hydrogens is 280 g/mol. The van der Waals surface area contributed by atoms with E-state index in [1.165, 1.54) is 7.11 Å². The normalized spacial score (nSPS) is 18.4. The highest BCUT2D eigenvalue weighted by Gasteiger charge is 2.23. The molecule has 1 aromatic rings. The molecular formula is C13H18N2O4S. The number of nitrogens with zero attached hydrogens (tertiary/aromatic N) is 1. The second-order valence-electron chi connectivity index (χ2n) is 4.79. The van der Waals surface area contributed by atoms with Crippen LogP contribution in [0.5, 0.6) is 5.75 Å². The van der Waals surface area contributed by atoms with Crippen molar-refractivity contribution in [2.75, 3.05) is 37.4 Å².